The molecular formula is C16H15Cl2N3. The van der Waals surface area contributed by atoms with E-state index in [1.807, 2.05) is 36.9 Å². The summed E-state index contributed by atoms with van der Waals surface area (Å²) in [5.41, 5.74) is 4.22. The lowest BCUT2D eigenvalue weighted by Gasteiger charge is -2.09. The van der Waals surface area contributed by atoms with Crippen LogP contribution >= 0.6 is 23.2 Å². The average Bonchev–Trinajstić information content (AvgIpc) is 2.73. The molecule has 0 aliphatic carbocycles. The van der Waals surface area contributed by atoms with Crippen molar-refractivity contribution in [3.05, 3.63) is 57.7 Å². The van der Waals surface area contributed by atoms with E-state index in [2.05, 4.69) is 22.5 Å². The maximum atomic E-state index is 6.18. The van der Waals surface area contributed by atoms with Crippen LogP contribution in [0.4, 0.5) is 5.69 Å². The van der Waals surface area contributed by atoms with Gasteiger partial charge in [-0.05, 0) is 42.8 Å². The first-order chi connectivity index (χ1) is 10.0. The van der Waals surface area contributed by atoms with E-state index in [1.54, 1.807) is 6.07 Å². The number of aryl methyl sites for hydroxylation is 2. The van der Waals surface area contributed by atoms with Crippen LogP contribution in [0.2, 0.25) is 10.0 Å². The molecule has 3 nitrogen and oxygen atoms in total. The van der Waals surface area contributed by atoms with Crippen molar-refractivity contribution in [3.8, 4) is 0 Å². The van der Waals surface area contributed by atoms with Crippen LogP contribution in [0.3, 0.4) is 0 Å². The van der Waals surface area contributed by atoms with Crippen LogP contribution in [-0.2, 0) is 13.6 Å². The molecule has 1 heterocycles. The summed E-state index contributed by atoms with van der Waals surface area (Å²) in [6, 6.07) is 11.8. The van der Waals surface area contributed by atoms with Gasteiger partial charge in [-0.3, -0.25) is 4.68 Å². The van der Waals surface area contributed by atoms with E-state index in [0.29, 0.717) is 16.6 Å². The molecule has 0 atom stereocenters. The van der Waals surface area contributed by atoms with E-state index in [-0.39, 0.29) is 0 Å². The molecule has 0 saturated carbocycles. The predicted molar refractivity (Wildman–Crippen MR) is 89.2 cm³/mol. The molecule has 21 heavy (non-hydrogen) atoms. The van der Waals surface area contributed by atoms with Crippen LogP contribution < -0.4 is 5.32 Å². The molecule has 108 valence electrons. The third-order valence-electron chi connectivity index (χ3n) is 3.53. The molecule has 0 bridgehead atoms. The fourth-order valence-electron chi connectivity index (χ4n) is 2.41. The molecule has 0 amide bonds. The number of aromatic nitrogens is 2. The Morgan fingerprint density at radius 3 is 2.71 bits per heavy atom. The fraction of sp³-hybridized carbons (Fsp3) is 0.188. The van der Waals surface area contributed by atoms with Crippen molar-refractivity contribution in [2.45, 2.75) is 13.5 Å². The first-order valence-electron chi connectivity index (χ1n) is 6.66. The maximum absolute atomic E-state index is 6.18. The molecule has 1 N–H and O–H groups in total. The SMILES string of the molecule is Cc1nn(C)c2ccc(NCc3ccc(Cl)cc3Cl)cc12. The smallest absolute Gasteiger partial charge is 0.0683 e. The van der Waals surface area contributed by atoms with E-state index in [1.165, 1.54) is 0 Å². The van der Waals surface area contributed by atoms with Gasteiger partial charge in [0.25, 0.3) is 0 Å². The highest BCUT2D eigenvalue weighted by molar-refractivity contribution is 6.35. The first-order valence-corrected chi connectivity index (χ1v) is 7.41. The van der Waals surface area contributed by atoms with Gasteiger partial charge in [-0.25, -0.2) is 0 Å². The van der Waals surface area contributed by atoms with Gasteiger partial charge >= 0.3 is 0 Å². The van der Waals surface area contributed by atoms with Crippen LogP contribution in [0.15, 0.2) is 36.4 Å². The topological polar surface area (TPSA) is 29.9 Å². The van der Waals surface area contributed by atoms with Gasteiger partial charge in [-0.15, -0.1) is 0 Å². The minimum Gasteiger partial charge on any atom is -0.381 e. The number of rotatable bonds is 3. The Hall–Kier alpha value is -1.71. The number of halogens is 2. The van der Waals surface area contributed by atoms with Crippen molar-refractivity contribution in [2.24, 2.45) is 7.05 Å². The Morgan fingerprint density at radius 2 is 1.95 bits per heavy atom. The van der Waals surface area contributed by atoms with Crippen molar-refractivity contribution >= 4 is 39.8 Å². The summed E-state index contributed by atoms with van der Waals surface area (Å²) in [4.78, 5) is 0. The summed E-state index contributed by atoms with van der Waals surface area (Å²) < 4.78 is 1.89. The standard InChI is InChI=1S/C16H15Cl2N3/c1-10-14-8-13(5-6-16(14)21(2)20-10)19-9-11-3-4-12(17)7-15(11)18/h3-8,19H,9H2,1-2H3. The largest absolute Gasteiger partial charge is 0.381 e. The highest BCUT2D eigenvalue weighted by Gasteiger charge is 2.06. The zero-order valence-corrected chi connectivity index (χ0v) is 13.3. The summed E-state index contributed by atoms with van der Waals surface area (Å²) in [6.07, 6.45) is 0. The number of fused-ring (bicyclic) bond motifs is 1. The van der Waals surface area contributed by atoms with Gasteiger partial charge in [0, 0.05) is 34.7 Å². The van der Waals surface area contributed by atoms with Crippen molar-refractivity contribution in [3.63, 3.8) is 0 Å². The second kappa shape index (κ2) is 5.58. The minimum atomic E-state index is 0.649. The molecule has 1 aromatic heterocycles. The fourth-order valence-corrected chi connectivity index (χ4v) is 2.89. The average molecular weight is 320 g/mol. The second-order valence-corrected chi connectivity index (χ2v) is 5.87. The van der Waals surface area contributed by atoms with Crippen LogP contribution in [0, 0.1) is 6.92 Å². The lowest BCUT2D eigenvalue weighted by Crippen LogP contribution is -2.00. The highest BCUT2D eigenvalue weighted by Crippen LogP contribution is 2.24. The molecule has 0 saturated heterocycles. The van der Waals surface area contributed by atoms with Crippen molar-refractivity contribution in [1.29, 1.82) is 0 Å². The van der Waals surface area contributed by atoms with Gasteiger partial charge in [0.05, 0.1) is 11.2 Å². The van der Waals surface area contributed by atoms with Crippen molar-refractivity contribution in [2.75, 3.05) is 5.32 Å². The zero-order chi connectivity index (χ0) is 15.0. The first kappa shape index (κ1) is 14.2. The predicted octanol–water partition coefficient (Wildman–Crippen LogP) is 4.80. The molecule has 0 spiro atoms. The summed E-state index contributed by atoms with van der Waals surface area (Å²) in [6.45, 7) is 2.67. The molecule has 0 fully saturated rings. The van der Waals surface area contributed by atoms with E-state index < -0.39 is 0 Å². The monoisotopic (exact) mass is 319 g/mol. The molecule has 0 radical (unpaired) electrons. The zero-order valence-electron chi connectivity index (χ0n) is 11.8. The number of nitrogens with zero attached hydrogens (tertiary/aromatic N) is 2. The Kier molecular flexibility index (Phi) is 3.79. The van der Waals surface area contributed by atoms with Gasteiger partial charge in [0.15, 0.2) is 0 Å². The third kappa shape index (κ3) is 2.85. The summed E-state index contributed by atoms with van der Waals surface area (Å²) in [5.74, 6) is 0. The van der Waals surface area contributed by atoms with Crippen LogP contribution in [-0.4, -0.2) is 9.78 Å². The number of benzene rings is 2. The number of hydrogen-bond acceptors (Lipinski definition) is 2. The van der Waals surface area contributed by atoms with E-state index in [4.69, 9.17) is 23.2 Å². The summed E-state index contributed by atoms with van der Waals surface area (Å²) >= 11 is 12.1. The van der Waals surface area contributed by atoms with E-state index >= 15 is 0 Å². The Bertz CT molecular complexity index is 809. The number of anilines is 1. The highest BCUT2D eigenvalue weighted by atomic mass is 35.5. The molecule has 0 aliphatic heterocycles. The number of hydrogen-bond donors (Lipinski definition) is 1. The normalized spacial score (nSPS) is 11.0. The van der Waals surface area contributed by atoms with Crippen molar-refractivity contribution < 1.29 is 0 Å². The van der Waals surface area contributed by atoms with E-state index in [0.717, 1.165) is 27.8 Å². The molecule has 2 aromatic carbocycles. The molecule has 5 heteroatoms. The van der Waals surface area contributed by atoms with Gasteiger partial charge < -0.3 is 5.32 Å². The summed E-state index contributed by atoms with van der Waals surface area (Å²) in [5, 5.41) is 10.3. The third-order valence-corrected chi connectivity index (χ3v) is 4.12. The van der Waals surface area contributed by atoms with Crippen molar-refractivity contribution in [1.82, 2.24) is 9.78 Å². The van der Waals surface area contributed by atoms with Crippen LogP contribution in [0.25, 0.3) is 10.9 Å². The second-order valence-electron chi connectivity index (χ2n) is 5.03. The van der Waals surface area contributed by atoms with Gasteiger partial charge in [-0.1, -0.05) is 29.3 Å². The molecule has 0 unspecified atom stereocenters. The lowest BCUT2D eigenvalue weighted by atomic mass is 10.2. The molecule has 0 aliphatic rings. The number of nitrogens with one attached hydrogen (secondary N) is 1. The Morgan fingerprint density at radius 1 is 1.14 bits per heavy atom. The Balaban J connectivity index is 1.83. The molecular weight excluding hydrogens is 305 g/mol. The quantitative estimate of drug-likeness (QED) is 0.751. The molecule has 3 aromatic rings. The summed E-state index contributed by atoms with van der Waals surface area (Å²) in [7, 11) is 1.95. The molecule has 3 rings (SSSR count). The van der Waals surface area contributed by atoms with Crippen LogP contribution in [0.1, 0.15) is 11.3 Å². The van der Waals surface area contributed by atoms with E-state index in [9.17, 15) is 0 Å². The lowest BCUT2D eigenvalue weighted by molar-refractivity contribution is 0.783. The maximum Gasteiger partial charge on any atom is 0.0683 e. The minimum absolute atomic E-state index is 0.649. The van der Waals surface area contributed by atoms with Crippen LogP contribution in [0.5, 0.6) is 0 Å². The van der Waals surface area contributed by atoms with Gasteiger partial charge in [0.1, 0.15) is 0 Å². The van der Waals surface area contributed by atoms with Gasteiger partial charge in [-0.2, -0.15) is 5.10 Å². The Labute approximate surface area is 133 Å². The van der Waals surface area contributed by atoms with Gasteiger partial charge in [0.2, 0.25) is 0 Å².